The lowest BCUT2D eigenvalue weighted by molar-refractivity contribution is 0.394. The van der Waals surface area contributed by atoms with Gasteiger partial charge in [0.1, 0.15) is 11.5 Å². The van der Waals surface area contributed by atoms with Gasteiger partial charge in [-0.15, -0.1) is 0 Å². The highest BCUT2D eigenvalue weighted by Gasteiger charge is 2.18. The number of hydrogen-bond acceptors (Lipinski definition) is 4. The second kappa shape index (κ2) is 5.63. The molecule has 0 aromatic heterocycles. The van der Waals surface area contributed by atoms with Crippen LogP contribution in [-0.4, -0.2) is 20.8 Å². The number of anilines is 1. The lowest BCUT2D eigenvalue weighted by Gasteiger charge is -2.20. The molecule has 4 nitrogen and oxygen atoms in total. The topological polar surface area (TPSA) is 54.3 Å². The largest absolute Gasteiger partial charge is 0.497 e. The molecule has 0 heterocycles. The lowest BCUT2D eigenvalue weighted by Crippen LogP contribution is -2.21. The van der Waals surface area contributed by atoms with Crippen LogP contribution in [0.4, 0.5) is 5.69 Å². The van der Waals surface area contributed by atoms with Crippen molar-refractivity contribution in [1.29, 1.82) is 5.26 Å². The predicted molar refractivity (Wildman–Crippen MR) is 72.2 cm³/mol. The number of aryl methyl sites for hydroxylation is 1. The Morgan fingerprint density at radius 1 is 1.28 bits per heavy atom. The third-order valence-corrected chi connectivity index (χ3v) is 2.74. The maximum atomic E-state index is 9.01. The van der Waals surface area contributed by atoms with E-state index in [0.29, 0.717) is 6.54 Å². The summed E-state index contributed by atoms with van der Waals surface area (Å²) in [6.45, 7) is 6.33. The monoisotopic (exact) mass is 248 g/mol. The molecule has 0 aliphatic rings. The second-order valence-corrected chi connectivity index (χ2v) is 4.87. The van der Waals surface area contributed by atoms with Gasteiger partial charge < -0.3 is 14.8 Å². The van der Waals surface area contributed by atoms with Crippen molar-refractivity contribution < 1.29 is 9.47 Å². The zero-order chi connectivity index (χ0) is 13.8. The van der Waals surface area contributed by atoms with Crippen LogP contribution in [0.15, 0.2) is 12.1 Å². The summed E-state index contributed by atoms with van der Waals surface area (Å²) >= 11 is 0. The summed E-state index contributed by atoms with van der Waals surface area (Å²) in [5.74, 6) is 1.48. The quantitative estimate of drug-likeness (QED) is 0.870. The summed E-state index contributed by atoms with van der Waals surface area (Å²) in [5.41, 5.74) is 1.51. The van der Waals surface area contributed by atoms with Crippen molar-refractivity contribution in [2.75, 3.05) is 26.1 Å². The maximum Gasteiger partial charge on any atom is 0.145 e. The Hall–Kier alpha value is -1.89. The second-order valence-electron chi connectivity index (χ2n) is 4.87. The van der Waals surface area contributed by atoms with Crippen LogP contribution < -0.4 is 14.8 Å². The fourth-order valence-corrected chi connectivity index (χ4v) is 1.58. The molecule has 0 spiro atoms. The van der Waals surface area contributed by atoms with Crippen LogP contribution in [0.3, 0.4) is 0 Å². The number of rotatable bonds is 5. The highest BCUT2D eigenvalue weighted by atomic mass is 16.5. The Labute approximate surface area is 109 Å². The van der Waals surface area contributed by atoms with E-state index in [4.69, 9.17) is 14.7 Å². The van der Waals surface area contributed by atoms with Crippen molar-refractivity contribution in [2.45, 2.75) is 20.8 Å². The summed E-state index contributed by atoms with van der Waals surface area (Å²) in [5, 5.41) is 12.3. The van der Waals surface area contributed by atoms with Crippen LogP contribution in [0.1, 0.15) is 19.4 Å². The average molecular weight is 248 g/mol. The number of methoxy groups -OCH3 is 2. The van der Waals surface area contributed by atoms with Gasteiger partial charge in [0.15, 0.2) is 0 Å². The fraction of sp³-hybridized carbons (Fsp3) is 0.500. The highest BCUT2D eigenvalue weighted by Crippen LogP contribution is 2.33. The normalized spacial score (nSPS) is 10.7. The highest BCUT2D eigenvalue weighted by molar-refractivity contribution is 5.64. The number of hydrogen-bond donors (Lipinski definition) is 1. The van der Waals surface area contributed by atoms with Gasteiger partial charge >= 0.3 is 0 Å². The molecule has 1 aromatic carbocycles. The summed E-state index contributed by atoms with van der Waals surface area (Å²) in [4.78, 5) is 0. The van der Waals surface area contributed by atoms with Gasteiger partial charge in [0, 0.05) is 12.6 Å². The van der Waals surface area contributed by atoms with Gasteiger partial charge in [0.2, 0.25) is 0 Å². The zero-order valence-corrected chi connectivity index (χ0v) is 11.6. The Kier molecular flexibility index (Phi) is 4.43. The number of benzene rings is 1. The number of nitrogens with zero attached hydrogens (tertiary/aromatic N) is 1. The molecule has 0 unspecified atom stereocenters. The molecular weight excluding hydrogens is 228 g/mol. The van der Waals surface area contributed by atoms with Gasteiger partial charge in [-0.1, -0.05) is 0 Å². The minimum atomic E-state index is -0.419. The first-order valence-electron chi connectivity index (χ1n) is 5.81. The molecule has 0 bridgehead atoms. The van der Waals surface area contributed by atoms with Crippen LogP contribution in [-0.2, 0) is 0 Å². The Morgan fingerprint density at radius 3 is 2.44 bits per heavy atom. The lowest BCUT2D eigenvalue weighted by atomic mass is 9.95. The van der Waals surface area contributed by atoms with Crippen molar-refractivity contribution >= 4 is 5.69 Å². The van der Waals surface area contributed by atoms with Crippen LogP contribution >= 0.6 is 0 Å². The molecule has 1 N–H and O–H groups in total. The molecule has 0 atom stereocenters. The van der Waals surface area contributed by atoms with E-state index in [9.17, 15) is 0 Å². The molecule has 4 heteroatoms. The first kappa shape index (κ1) is 14.2. The third kappa shape index (κ3) is 3.30. The van der Waals surface area contributed by atoms with Gasteiger partial charge in [-0.05, 0) is 32.4 Å². The summed E-state index contributed by atoms with van der Waals surface area (Å²) in [7, 11) is 3.24. The number of ether oxygens (including phenoxy) is 2. The smallest absolute Gasteiger partial charge is 0.145 e. The predicted octanol–water partition coefficient (Wildman–Crippen LogP) is 2.97. The zero-order valence-electron chi connectivity index (χ0n) is 11.6. The SMILES string of the molecule is COc1cc(C)c(NCC(C)(C)C#N)c(OC)c1. The average Bonchev–Trinajstić information content (AvgIpc) is 2.36. The summed E-state index contributed by atoms with van der Waals surface area (Å²) < 4.78 is 10.5. The van der Waals surface area contributed by atoms with Gasteiger partial charge in [-0.3, -0.25) is 0 Å². The third-order valence-electron chi connectivity index (χ3n) is 2.74. The number of nitrogens with one attached hydrogen (secondary N) is 1. The number of nitriles is 1. The first-order valence-corrected chi connectivity index (χ1v) is 5.81. The van der Waals surface area contributed by atoms with Crippen molar-refractivity contribution in [2.24, 2.45) is 5.41 Å². The van der Waals surface area contributed by atoms with E-state index in [1.807, 2.05) is 32.9 Å². The van der Waals surface area contributed by atoms with E-state index in [-0.39, 0.29) is 0 Å². The van der Waals surface area contributed by atoms with Crippen LogP contribution in [0.5, 0.6) is 11.5 Å². The Bertz CT molecular complexity index is 462. The molecule has 0 aliphatic carbocycles. The minimum Gasteiger partial charge on any atom is -0.497 e. The van der Waals surface area contributed by atoms with Gasteiger partial charge in [0.05, 0.1) is 31.4 Å². The summed E-state index contributed by atoms with van der Waals surface area (Å²) in [6, 6.07) is 6.03. The molecule has 98 valence electrons. The van der Waals surface area contributed by atoms with Crippen molar-refractivity contribution in [3.63, 3.8) is 0 Å². The fourth-order valence-electron chi connectivity index (χ4n) is 1.58. The van der Waals surface area contributed by atoms with E-state index in [2.05, 4.69) is 11.4 Å². The molecule has 0 saturated carbocycles. The molecule has 0 amide bonds. The van der Waals surface area contributed by atoms with Gasteiger partial charge in [-0.25, -0.2) is 0 Å². The van der Waals surface area contributed by atoms with Crippen molar-refractivity contribution in [1.82, 2.24) is 0 Å². The molecule has 0 saturated heterocycles. The van der Waals surface area contributed by atoms with E-state index in [0.717, 1.165) is 22.7 Å². The molecule has 1 rings (SSSR count). The van der Waals surface area contributed by atoms with E-state index >= 15 is 0 Å². The van der Waals surface area contributed by atoms with Crippen LogP contribution in [0.25, 0.3) is 0 Å². The van der Waals surface area contributed by atoms with Gasteiger partial charge in [-0.2, -0.15) is 5.26 Å². The van der Waals surface area contributed by atoms with Crippen LogP contribution in [0.2, 0.25) is 0 Å². The standard InChI is InChI=1S/C14H20N2O2/c1-10-6-11(17-4)7-12(18-5)13(10)16-9-14(2,3)8-15/h6-7,16H,9H2,1-5H3. The van der Waals surface area contributed by atoms with Gasteiger partial charge in [0.25, 0.3) is 0 Å². The molecule has 0 radical (unpaired) electrons. The van der Waals surface area contributed by atoms with Crippen molar-refractivity contribution in [3.05, 3.63) is 17.7 Å². The van der Waals surface area contributed by atoms with E-state index in [1.54, 1.807) is 14.2 Å². The molecule has 18 heavy (non-hydrogen) atoms. The Balaban J connectivity index is 2.99. The Morgan fingerprint density at radius 2 is 1.94 bits per heavy atom. The molecule has 0 aliphatic heterocycles. The summed E-state index contributed by atoms with van der Waals surface area (Å²) in [6.07, 6.45) is 0. The first-order chi connectivity index (χ1) is 8.43. The van der Waals surface area contributed by atoms with Crippen molar-refractivity contribution in [3.8, 4) is 17.6 Å². The maximum absolute atomic E-state index is 9.01. The molecule has 1 aromatic rings. The minimum absolute atomic E-state index is 0.419. The molecule has 0 fully saturated rings. The molecular formula is C14H20N2O2. The van der Waals surface area contributed by atoms with Crippen LogP contribution in [0, 0.1) is 23.7 Å². The van der Waals surface area contributed by atoms with E-state index < -0.39 is 5.41 Å². The van der Waals surface area contributed by atoms with E-state index in [1.165, 1.54) is 0 Å².